The van der Waals surface area contributed by atoms with E-state index >= 15 is 0 Å². The molecule has 0 atom stereocenters. The molecule has 0 unspecified atom stereocenters. The van der Waals surface area contributed by atoms with Gasteiger partial charge in [-0.3, -0.25) is 0 Å². The van der Waals surface area contributed by atoms with Gasteiger partial charge in [0.1, 0.15) is 0 Å². The van der Waals surface area contributed by atoms with E-state index in [1.807, 2.05) is 13.0 Å². The Hall–Kier alpha value is -1.00. The first-order chi connectivity index (χ1) is 9.20. The van der Waals surface area contributed by atoms with Crippen molar-refractivity contribution >= 4 is 28.9 Å². The lowest BCUT2D eigenvalue weighted by Gasteiger charge is -2.14. The maximum Gasteiger partial charge on any atom is 0.203 e. The molecular weight excluding hydrogens is 278 g/mol. The van der Waals surface area contributed by atoms with Crippen molar-refractivity contribution in [3.05, 3.63) is 33.2 Å². The van der Waals surface area contributed by atoms with Crippen LogP contribution in [0, 0.1) is 6.92 Å². The molecular formula is C14H18ClN3S. The molecule has 1 fully saturated rings. The number of aromatic nitrogens is 2. The molecule has 102 valence electrons. The Morgan fingerprint density at radius 2 is 2.21 bits per heavy atom. The summed E-state index contributed by atoms with van der Waals surface area (Å²) >= 11 is 7.62. The summed E-state index contributed by atoms with van der Waals surface area (Å²) in [6.45, 7) is 2.88. The van der Waals surface area contributed by atoms with Crippen molar-refractivity contribution in [1.82, 2.24) is 9.55 Å². The molecule has 1 saturated carbocycles. The summed E-state index contributed by atoms with van der Waals surface area (Å²) < 4.78 is 3.03. The van der Waals surface area contributed by atoms with Gasteiger partial charge in [-0.05, 0) is 31.9 Å². The van der Waals surface area contributed by atoms with Crippen molar-refractivity contribution in [3.8, 4) is 0 Å². The van der Waals surface area contributed by atoms with E-state index in [4.69, 9.17) is 11.6 Å². The highest BCUT2D eigenvalue weighted by Crippen LogP contribution is 2.25. The van der Waals surface area contributed by atoms with Crippen LogP contribution in [-0.2, 0) is 6.54 Å². The summed E-state index contributed by atoms with van der Waals surface area (Å²) in [6, 6.07) is 4.63. The Bertz CT molecular complexity index is 555. The topological polar surface area (TPSA) is 29.9 Å². The van der Waals surface area contributed by atoms with Gasteiger partial charge in [-0.2, -0.15) is 0 Å². The number of nitrogens with one attached hydrogen (secondary N) is 1. The lowest BCUT2D eigenvalue weighted by atomic mass is 10.2. The van der Waals surface area contributed by atoms with E-state index in [0.29, 0.717) is 6.04 Å². The van der Waals surface area contributed by atoms with Crippen LogP contribution >= 0.6 is 22.9 Å². The van der Waals surface area contributed by atoms with Crippen LogP contribution in [0.4, 0.5) is 5.95 Å². The zero-order valence-electron chi connectivity index (χ0n) is 11.0. The number of thiophene rings is 1. The molecule has 0 aliphatic heterocycles. The summed E-state index contributed by atoms with van der Waals surface area (Å²) in [4.78, 5) is 5.86. The summed E-state index contributed by atoms with van der Waals surface area (Å²) in [5.41, 5.74) is 1.06. The molecule has 2 heterocycles. The smallest absolute Gasteiger partial charge is 0.203 e. The number of hydrogen-bond donors (Lipinski definition) is 1. The number of hydrogen-bond acceptors (Lipinski definition) is 3. The van der Waals surface area contributed by atoms with E-state index in [0.717, 1.165) is 22.5 Å². The van der Waals surface area contributed by atoms with Gasteiger partial charge >= 0.3 is 0 Å². The molecule has 1 N–H and O–H groups in total. The Kier molecular flexibility index (Phi) is 3.80. The quantitative estimate of drug-likeness (QED) is 0.911. The van der Waals surface area contributed by atoms with Gasteiger partial charge in [-0.15, -0.1) is 11.3 Å². The van der Waals surface area contributed by atoms with Crippen molar-refractivity contribution in [2.75, 3.05) is 5.32 Å². The monoisotopic (exact) mass is 295 g/mol. The van der Waals surface area contributed by atoms with E-state index in [9.17, 15) is 0 Å². The predicted molar refractivity (Wildman–Crippen MR) is 81.3 cm³/mol. The minimum atomic E-state index is 0.590. The summed E-state index contributed by atoms with van der Waals surface area (Å²) in [5, 5.41) is 3.58. The van der Waals surface area contributed by atoms with Crippen molar-refractivity contribution in [1.29, 1.82) is 0 Å². The summed E-state index contributed by atoms with van der Waals surface area (Å²) in [5.74, 6) is 0.994. The Morgan fingerprint density at radius 3 is 2.89 bits per heavy atom. The van der Waals surface area contributed by atoms with Crippen LogP contribution in [0.2, 0.25) is 4.34 Å². The van der Waals surface area contributed by atoms with Gasteiger partial charge in [-0.25, -0.2) is 4.98 Å². The van der Waals surface area contributed by atoms with Crippen molar-refractivity contribution in [2.45, 2.75) is 45.2 Å². The third-order valence-corrected chi connectivity index (χ3v) is 4.76. The molecule has 5 heteroatoms. The molecule has 0 amide bonds. The van der Waals surface area contributed by atoms with Gasteiger partial charge in [0.2, 0.25) is 5.95 Å². The Labute approximate surface area is 122 Å². The number of rotatable bonds is 4. The Balaban J connectivity index is 1.76. The van der Waals surface area contributed by atoms with Crippen molar-refractivity contribution < 1.29 is 0 Å². The molecule has 3 nitrogen and oxygen atoms in total. The van der Waals surface area contributed by atoms with E-state index in [2.05, 4.69) is 27.1 Å². The van der Waals surface area contributed by atoms with Crippen LogP contribution in [0.3, 0.4) is 0 Å². The predicted octanol–water partition coefficient (Wildman–Crippen LogP) is 4.31. The molecule has 0 spiro atoms. The first-order valence-corrected chi connectivity index (χ1v) is 7.95. The summed E-state index contributed by atoms with van der Waals surface area (Å²) in [7, 11) is 0. The largest absolute Gasteiger partial charge is 0.353 e. The molecule has 0 aromatic carbocycles. The first kappa shape index (κ1) is 13.0. The second kappa shape index (κ2) is 5.55. The van der Waals surface area contributed by atoms with Crippen LogP contribution < -0.4 is 5.32 Å². The van der Waals surface area contributed by atoms with Crippen LogP contribution in [0.15, 0.2) is 18.3 Å². The maximum atomic E-state index is 5.99. The normalized spacial score (nSPS) is 16.1. The molecule has 2 aromatic heterocycles. The lowest BCUT2D eigenvalue weighted by Crippen LogP contribution is -2.18. The number of anilines is 1. The first-order valence-electron chi connectivity index (χ1n) is 6.75. The van der Waals surface area contributed by atoms with E-state index < -0.39 is 0 Å². The van der Waals surface area contributed by atoms with E-state index in [1.54, 1.807) is 11.3 Å². The highest BCUT2D eigenvalue weighted by atomic mass is 35.5. The summed E-state index contributed by atoms with van der Waals surface area (Å²) in [6.07, 6.45) is 7.29. The molecule has 1 aliphatic carbocycles. The minimum Gasteiger partial charge on any atom is -0.353 e. The van der Waals surface area contributed by atoms with Gasteiger partial charge in [0.05, 0.1) is 16.6 Å². The molecule has 2 aromatic rings. The van der Waals surface area contributed by atoms with Crippen LogP contribution in [-0.4, -0.2) is 15.6 Å². The number of halogens is 1. The van der Waals surface area contributed by atoms with Gasteiger partial charge in [0.15, 0.2) is 0 Å². The van der Waals surface area contributed by atoms with Crippen LogP contribution in [0.1, 0.15) is 36.3 Å². The highest BCUT2D eigenvalue weighted by Gasteiger charge is 2.17. The lowest BCUT2D eigenvalue weighted by molar-refractivity contribution is 0.719. The third-order valence-electron chi connectivity index (χ3n) is 3.54. The van der Waals surface area contributed by atoms with E-state index in [-0.39, 0.29) is 0 Å². The number of aryl methyl sites for hydroxylation is 1. The molecule has 3 rings (SSSR count). The molecule has 19 heavy (non-hydrogen) atoms. The van der Waals surface area contributed by atoms with Crippen LogP contribution in [0.25, 0.3) is 0 Å². The average molecular weight is 296 g/mol. The highest BCUT2D eigenvalue weighted by molar-refractivity contribution is 7.16. The van der Waals surface area contributed by atoms with Crippen molar-refractivity contribution in [3.63, 3.8) is 0 Å². The maximum absolute atomic E-state index is 5.99. The zero-order chi connectivity index (χ0) is 13.2. The van der Waals surface area contributed by atoms with Crippen molar-refractivity contribution in [2.24, 2.45) is 0 Å². The fourth-order valence-electron chi connectivity index (χ4n) is 2.64. The van der Waals surface area contributed by atoms with E-state index in [1.165, 1.54) is 30.6 Å². The van der Waals surface area contributed by atoms with Gasteiger partial charge in [0.25, 0.3) is 0 Å². The van der Waals surface area contributed by atoms with Crippen LogP contribution in [0.5, 0.6) is 0 Å². The minimum absolute atomic E-state index is 0.590. The molecule has 0 radical (unpaired) electrons. The molecule has 0 saturated heterocycles. The SMILES string of the molecule is Cc1cn(Cc2ccc(Cl)s2)c(NC2CCCC2)n1. The number of imidazole rings is 1. The Morgan fingerprint density at radius 1 is 1.42 bits per heavy atom. The fraction of sp³-hybridized carbons (Fsp3) is 0.500. The standard InChI is InChI=1S/C14H18ClN3S/c1-10-8-18(9-12-6-7-13(15)19-12)14(16-10)17-11-4-2-3-5-11/h6-8,11H,2-5,9H2,1H3,(H,16,17). The van der Waals surface area contributed by atoms with Gasteiger partial charge in [0, 0.05) is 17.1 Å². The molecule has 1 aliphatic rings. The fourth-order valence-corrected chi connectivity index (χ4v) is 3.73. The van der Waals surface area contributed by atoms with Gasteiger partial charge in [-0.1, -0.05) is 24.4 Å². The second-order valence-corrected chi connectivity index (χ2v) is 6.96. The third kappa shape index (κ3) is 3.12. The second-order valence-electron chi connectivity index (χ2n) is 5.17. The van der Waals surface area contributed by atoms with Gasteiger partial charge < -0.3 is 9.88 Å². The average Bonchev–Trinajstić information content (AvgIpc) is 3.05. The number of nitrogens with zero attached hydrogens (tertiary/aromatic N) is 2. The zero-order valence-corrected chi connectivity index (χ0v) is 12.6. The molecule has 0 bridgehead atoms.